The molecular formula is C15H15NO3. The summed E-state index contributed by atoms with van der Waals surface area (Å²) in [4.78, 5) is 12.1. The number of anilines is 1. The number of hydrogen-bond acceptors (Lipinski definition) is 3. The molecule has 0 saturated carbocycles. The standard InChI is InChI=1S/C15H15NO3/c1-10-5-3-4-6-13(10)16-15(18)12-9-11(19-2)7-8-14(12)17/h3-9,17H,1-2H3,(H,16,18). The molecule has 0 saturated heterocycles. The van der Waals surface area contributed by atoms with Gasteiger partial charge in [0.15, 0.2) is 0 Å². The van der Waals surface area contributed by atoms with Crippen LogP contribution in [0.5, 0.6) is 11.5 Å². The molecule has 0 aliphatic carbocycles. The molecule has 98 valence electrons. The zero-order valence-electron chi connectivity index (χ0n) is 10.8. The van der Waals surface area contributed by atoms with Crippen molar-refractivity contribution in [2.24, 2.45) is 0 Å². The first-order chi connectivity index (χ1) is 9.11. The van der Waals surface area contributed by atoms with Gasteiger partial charge in [-0.15, -0.1) is 0 Å². The summed E-state index contributed by atoms with van der Waals surface area (Å²) in [5.74, 6) is 0.0744. The first-order valence-corrected chi connectivity index (χ1v) is 5.86. The summed E-state index contributed by atoms with van der Waals surface area (Å²) in [6, 6.07) is 12.0. The Morgan fingerprint density at radius 1 is 1.21 bits per heavy atom. The van der Waals surface area contributed by atoms with Gasteiger partial charge in [-0.1, -0.05) is 18.2 Å². The SMILES string of the molecule is COc1ccc(O)c(C(=O)Nc2ccccc2C)c1. The Kier molecular flexibility index (Phi) is 3.71. The van der Waals surface area contributed by atoms with Gasteiger partial charge in [0.05, 0.1) is 12.7 Å². The van der Waals surface area contributed by atoms with Crippen LogP contribution in [-0.4, -0.2) is 18.1 Å². The van der Waals surface area contributed by atoms with Gasteiger partial charge in [-0.3, -0.25) is 4.79 Å². The van der Waals surface area contributed by atoms with Crippen LogP contribution in [0.4, 0.5) is 5.69 Å². The van der Waals surface area contributed by atoms with E-state index in [1.54, 1.807) is 6.07 Å². The molecule has 4 heteroatoms. The third kappa shape index (κ3) is 2.85. The van der Waals surface area contributed by atoms with Crippen molar-refractivity contribution < 1.29 is 14.6 Å². The maximum absolute atomic E-state index is 12.1. The number of benzene rings is 2. The van der Waals surface area contributed by atoms with Crippen molar-refractivity contribution in [3.05, 3.63) is 53.6 Å². The topological polar surface area (TPSA) is 58.6 Å². The minimum Gasteiger partial charge on any atom is -0.507 e. The van der Waals surface area contributed by atoms with Crippen LogP contribution in [0.3, 0.4) is 0 Å². The number of amides is 1. The van der Waals surface area contributed by atoms with Gasteiger partial charge < -0.3 is 15.2 Å². The van der Waals surface area contributed by atoms with Crippen LogP contribution < -0.4 is 10.1 Å². The normalized spacial score (nSPS) is 10.0. The minimum absolute atomic E-state index is 0.0770. The highest BCUT2D eigenvalue weighted by molar-refractivity contribution is 6.06. The molecule has 1 amide bonds. The molecule has 0 aromatic heterocycles. The number of para-hydroxylation sites is 1. The largest absolute Gasteiger partial charge is 0.507 e. The van der Waals surface area contributed by atoms with E-state index in [0.717, 1.165) is 11.3 Å². The first kappa shape index (κ1) is 13.0. The predicted molar refractivity (Wildman–Crippen MR) is 73.8 cm³/mol. The van der Waals surface area contributed by atoms with Gasteiger partial charge >= 0.3 is 0 Å². The molecule has 0 atom stereocenters. The number of carbonyl (C=O) groups excluding carboxylic acids is 1. The molecule has 2 aromatic rings. The number of phenolic OH excluding ortho intramolecular Hbond substituents is 1. The highest BCUT2D eigenvalue weighted by Crippen LogP contribution is 2.24. The fourth-order valence-corrected chi connectivity index (χ4v) is 1.73. The van der Waals surface area contributed by atoms with Crippen LogP contribution in [0.15, 0.2) is 42.5 Å². The summed E-state index contributed by atoms with van der Waals surface area (Å²) in [5, 5.41) is 12.5. The second kappa shape index (κ2) is 5.44. The molecule has 0 aliphatic heterocycles. The number of aromatic hydroxyl groups is 1. The number of nitrogens with one attached hydrogen (secondary N) is 1. The van der Waals surface area contributed by atoms with Gasteiger partial charge in [-0.05, 0) is 36.8 Å². The number of carbonyl (C=O) groups is 1. The van der Waals surface area contributed by atoms with Crippen LogP contribution in [0.2, 0.25) is 0 Å². The number of methoxy groups -OCH3 is 1. The van der Waals surface area contributed by atoms with E-state index in [1.807, 2.05) is 31.2 Å². The number of rotatable bonds is 3. The zero-order chi connectivity index (χ0) is 13.8. The van der Waals surface area contributed by atoms with E-state index < -0.39 is 0 Å². The number of phenols is 1. The smallest absolute Gasteiger partial charge is 0.259 e. The number of hydrogen-bond donors (Lipinski definition) is 2. The van der Waals surface area contributed by atoms with E-state index in [0.29, 0.717) is 5.75 Å². The molecule has 0 spiro atoms. The molecule has 2 rings (SSSR count). The van der Waals surface area contributed by atoms with Gasteiger partial charge in [0, 0.05) is 5.69 Å². The lowest BCUT2D eigenvalue weighted by atomic mass is 10.1. The second-order valence-electron chi connectivity index (χ2n) is 4.15. The molecule has 0 bridgehead atoms. The zero-order valence-corrected chi connectivity index (χ0v) is 10.8. The lowest BCUT2D eigenvalue weighted by molar-refractivity contribution is 0.102. The van der Waals surface area contributed by atoms with Crippen molar-refractivity contribution >= 4 is 11.6 Å². The Morgan fingerprint density at radius 2 is 1.95 bits per heavy atom. The van der Waals surface area contributed by atoms with Gasteiger partial charge in [-0.25, -0.2) is 0 Å². The second-order valence-corrected chi connectivity index (χ2v) is 4.15. The third-order valence-corrected chi connectivity index (χ3v) is 2.84. The average molecular weight is 257 g/mol. The summed E-state index contributed by atoms with van der Waals surface area (Å²) in [6.07, 6.45) is 0. The van der Waals surface area contributed by atoms with E-state index in [-0.39, 0.29) is 17.2 Å². The van der Waals surface area contributed by atoms with E-state index in [1.165, 1.54) is 19.2 Å². The fourth-order valence-electron chi connectivity index (χ4n) is 1.73. The molecule has 0 unspecified atom stereocenters. The molecule has 0 aliphatic rings. The summed E-state index contributed by atoms with van der Waals surface area (Å²) >= 11 is 0. The van der Waals surface area contributed by atoms with Crippen molar-refractivity contribution in [3.8, 4) is 11.5 Å². The van der Waals surface area contributed by atoms with Crippen LogP contribution in [0.25, 0.3) is 0 Å². The van der Waals surface area contributed by atoms with Gasteiger partial charge in [-0.2, -0.15) is 0 Å². The molecular weight excluding hydrogens is 242 g/mol. The van der Waals surface area contributed by atoms with E-state index >= 15 is 0 Å². The maximum atomic E-state index is 12.1. The summed E-state index contributed by atoms with van der Waals surface area (Å²) < 4.78 is 5.04. The molecule has 0 fully saturated rings. The van der Waals surface area contributed by atoms with Crippen molar-refractivity contribution in [3.63, 3.8) is 0 Å². The van der Waals surface area contributed by atoms with Crippen LogP contribution in [-0.2, 0) is 0 Å². The minimum atomic E-state index is -0.370. The van der Waals surface area contributed by atoms with Gasteiger partial charge in [0.1, 0.15) is 11.5 Å². The molecule has 4 nitrogen and oxygen atoms in total. The fraction of sp³-hybridized carbons (Fsp3) is 0.133. The average Bonchev–Trinajstić information content (AvgIpc) is 2.42. The lowest BCUT2D eigenvalue weighted by Gasteiger charge is -2.10. The molecule has 19 heavy (non-hydrogen) atoms. The maximum Gasteiger partial charge on any atom is 0.259 e. The van der Waals surface area contributed by atoms with Crippen molar-refractivity contribution in [1.82, 2.24) is 0 Å². The van der Waals surface area contributed by atoms with E-state index in [2.05, 4.69) is 5.32 Å². The molecule has 0 heterocycles. The Morgan fingerprint density at radius 3 is 2.63 bits per heavy atom. The quantitative estimate of drug-likeness (QED) is 0.888. The lowest BCUT2D eigenvalue weighted by Crippen LogP contribution is -2.13. The van der Waals surface area contributed by atoms with Crippen LogP contribution >= 0.6 is 0 Å². The summed E-state index contributed by atoms with van der Waals surface area (Å²) in [5.41, 5.74) is 1.86. The Bertz CT molecular complexity index is 608. The Labute approximate surface area is 111 Å². The van der Waals surface area contributed by atoms with Crippen molar-refractivity contribution in [1.29, 1.82) is 0 Å². The van der Waals surface area contributed by atoms with Gasteiger partial charge in [0.25, 0.3) is 5.91 Å². The van der Waals surface area contributed by atoms with Gasteiger partial charge in [0.2, 0.25) is 0 Å². The molecule has 0 radical (unpaired) electrons. The number of ether oxygens (including phenoxy) is 1. The van der Waals surface area contributed by atoms with Crippen LogP contribution in [0.1, 0.15) is 15.9 Å². The van der Waals surface area contributed by atoms with Crippen molar-refractivity contribution in [2.75, 3.05) is 12.4 Å². The van der Waals surface area contributed by atoms with E-state index in [9.17, 15) is 9.90 Å². The molecule has 2 N–H and O–H groups in total. The highest BCUT2D eigenvalue weighted by Gasteiger charge is 2.13. The monoisotopic (exact) mass is 257 g/mol. The molecule has 2 aromatic carbocycles. The third-order valence-electron chi connectivity index (χ3n) is 2.84. The Balaban J connectivity index is 2.28. The van der Waals surface area contributed by atoms with E-state index in [4.69, 9.17) is 4.74 Å². The predicted octanol–water partition coefficient (Wildman–Crippen LogP) is 2.96. The summed E-state index contributed by atoms with van der Waals surface area (Å²) in [6.45, 7) is 1.90. The highest BCUT2D eigenvalue weighted by atomic mass is 16.5. The van der Waals surface area contributed by atoms with Crippen LogP contribution in [0, 0.1) is 6.92 Å². The first-order valence-electron chi connectivity index (χ1n) is 5.86. The Hall–Kier alpha value is -2.49. The van der Waals surface area contributed by atoms with Crippen molar-refractivity contribution in [2.45, 2.75) is 6.92 Å². The summed E-state index contributed by atoms with van der Waals surface area (Å²) in [7, 11) is 1.51. The number of aryl methyl sites for hydroxylation is 1.